The first-order valence-corrected chi connectivity index (χ1v) is 12.3. The van der Waals surface area contributed by atoms with E-state index in [0.717, 1.165) is 23.4 Å². The van der Waals surface area contributed by atoms with E-state index in [1.807, 2.05) is 19.9 Å². The molecule has 0 aliphatic rings. The van der Waals surface area contributed by atoms with Gasteiger partial charge in [0.2, 0.25) is 0 Å². The summed E-state index contributed by atoms with van der Waals surface area (Å²) in [5.74, 6) is 1.14. The summed E-state index contributed by atoms with van der Waals surface area (Å²) in [4.78, 5) is 23.0. The van der Waals surface area contributed by atoms with Gasteiger partial charge in [0.15, 0.2) is 5.82 Å². The Labute approximate surface area is 228 Å². The number of carbonyl (C=O) groups excluding carboxylic acids is 1. The van der Waals surface area contributed by atoms with Crippen LogP contribution in [0.2, 0.25) is 0 Å². The van der Waals surface area contributed by atoms with Gasteiger partial charge < -0.3 is 26.0 Å². The zero-order chi connectivity index (χ0) is 29.0. The van der Waals surface area contributed by atoms with Gasteiger partial charge in [-0.3, -0.25) is 4.79 Å². The van der Waals surface area contributed by atoms with Crippen LogP contribution in [0.3, 0.4) is 0 Å². The predicted molar refractivity (Wildman–Crippen MR) is 148 cm³/mol. The maximum absolute atomic E-state index is 13.6. The van der Waals surface area contributed by atoms with Crippen LogP contribution < -0.4 is 20.9 Å². The molecule has 40 heavy (non-hydrogen) atoms. The van der Waals surface area contributed by atoms with E-state index >= 15 is 0 Å². The minimum absolute atomic E-state index is 0.0208. The second-order valence-electron chi connectivity index (χ2n) is 9.11. The van der Waals surface area contributed by atoms with Gasteiger partial charge >= 0.3 is 6.18 Å². The Morgan fingerprint density at radius 3 is 2.55 bits per heavy atom. The van der Waals surface area contributed by atoms with Gasteiger partial charge in [0.05, 0.1) is 17.9 Å². The van der Waals surface area contributed by atoms with E-state index < -0.39 is 17.6 Å². The number of alkyl halides is 3. The Kier molecular flexibility index (Phi) is 8.24. The van der Waals surface area contributed by atoms with E-state index in [9.17, 15) is 23.1 Å². The van der Waals surface area contributed by atoms with Crippen LogP contribution in [0.1, 0.15) is 27.2 Å². The predicted octanol–water partition coefficient (Wildman–Crippen LogP) is 4.76. The number of aliphatic hydroxyl groups excluding tert-OH is 1. The molecular weight excluding hydrogens is 525 g/mol. The molecular formula is C27H29F3N8O2. The molecule has 0 bridgehead atoms. The SMILES string of the molecule is CNc1cc(-n2nc(C)cc2Nc2cc(C(=O)Nc3cc(N(C)CCO)cc(C(F)(F)F)c3)ccc2C)ncn1. The molecule has 0 radical (unpaired) electrons. The van der Waals surface area contributed by atoms with Crippen LogP contribution >= 0.6 is 0 Å². The average Bonchev–Trinajstić information content (AvgIpc) is 3.29. The molecule has 13 heteroatoms. The lowest BCUT2D eigenvalue weighted by atomic mass is 10.1. The quantitative estimate of drug-likeness (QED) is 0.234. The maximum atomic E-state index is 13.6. The summed E-state index contributed by atoms with van der Waals surface area (Å²) in [6, 6.07) is 11.8. The van der Waals surface area contributed by atoms with Crippen molar-refractivity contribution in [3.05, 3.63) is 77.2 Å². The third-order valence-electron chi connectivity index (χ3n) is 6.10. The van der Waals surface area contributed by atoms with Crippen molar-refractivity contribution in [1.82, 2.24) is 19.7 Å². The molecule has 0 unspecified atom stereocenters. The first kappa shape index (κ1) is 28.4. The lowest BCUT2D eigenvalue weighted by Crippen LogP contribution is -2.22. The zero-order valence-corrected chi connectivity index (χ0v) is 22.3. The molecule has 1 amide bonds. The van der Waals surface area contributed by atoms with E-state index in [-0.39, 0.29) is 30.1 Å². The molecule has 210 valence electrons. The molecule has 4 aromatic rings. The topological polar surface area (TPSA) is 120 Å². The summed E-state index contributed by atoms with van der Waals surface area (Å²) in [5.41, 5.74) is 1.67. The molecule has 0 saturated carbocycles. The monoisotopic (exact) mass is 554 g/mol. The van der Waals surface area contributed by atoms with Crippen molar-refractivity contribution >= 4 is 34.6 Å². The lowest BCUT2D eigenvalue weighted by Gasteiger charge is -2.21. The Balaban J connectivity index is 1.62. The fourth-order valence-electron chi connectivity index (χ4n) is 3.95. The number of hydrogen-bond acceptors (Lipinski definition) is 8. The van der Waals surface area contributed by atoms with Crippen LogP contribution in [-0.2, 0) is 6.18 Å². The van der Waals surface area contributed by atoms with Crippen LogP contribution in [0.5, 0.6) is 0 Å². The number of aromatic nitrogens is 4. The summed E-state index contributed by atoms with van der Waals surface area (Å²) in [6.45, 7) is 3.58. The number of anilines is 5. The molecule has 0 fully saturated rings. The number of rotatable bonds is 9. The highest BCUT2D eigenvalue weighted by molar-refractivity contribution is 6.05. The molecule has 4 rings (SSSR count). The number of amides is 1. The summed E-state index contributed by atoms with van der Waals surface area (Å²) in [5, 5.41) is 22.5. The average molecular weight is 555 g/mol. The molecule has 2 aromatic carbocycles. The van der Waals surface area contributed by atoms with Gasteiger partial charge in [0.25, 0.3) is 5.91 Å². The Bertz CT molecular complexity index is 1520. The molecule has 2 heterocycles. The molecule has 0 atom stereocenters. The summed E-state index contributed by atoms with van der Waals surface area (Å²) in [6.07, 6.45) is -3.20. The minimum atomic E-state index is -4.62. The molecule has 0 saturated heterocycles. The summed E-state index contributed by atoms with van der Waals surface area (Å²) >= 11 is 0. The number of aryl methyl sites for hydroxylation is 2. The Morgan fingerprint density at radius 2 is 1.85 bits per heavy atom. The summed E-state index contributed by atoms with van der Waals surface area (Å²) in [7, 11) is 3.30. The van der Waals surface area contributed by atoms with Gasteiger partial charge in [-0.2, -0.15) is 23.0 Å². The Hall–Kier alpha value is -4.65. The number of benzene rings is 2. The van der Waals surface area contributed by atoms with Gasteiger partial charge in [-0.05, 0) is 49.7 Å². The summed E-state index contributed by atoms with van der Waals surface area (Å²) < 4.78 is 42.3. The number of nitrogens with one attached hydrogen (secondary N) is 3. The number of halogens is 3. The second kappa shape index (κ2) is 11.6. The van der Waals surface area contributed by atoms with E-state index in [1.54, 1.807) is 43.0 Å². The van der Waals surface area contributed by atoms with Gasteiger partial charge in [0.1, 0.15) is 18.0 Å². The normalized spacial score (nSPS) is 11.3. The highest BCUT2D eigenvalue weighted by Crippen LogP contribution is 2.34. The number of likely N-dealkylation sites (N-methyl/N-ethyl adjacent to an activating group) is 1. The van der Waals surface area contributed by atoms with E-state index in [0.29, 0.717) is 23.1 Å². The van der Waals surface area contributed by atoms with Crippen molar-refractivity contribution in [3.63, 3.8) is 0 Å². The van der Waals surface area contributed by atoms with Crippen molar-refractivity contribution in [2.45, 2.75) is 20.0 Å². The fraction of sp³-hybridized carbons (Fsp3) is 0.259. The molecule has 0 spiro atoms. The van der Waals surface area contributed by atoms with Gasteiger partial charge in [-0.1, -0.05) is 6.07 Å². The fourth-order valence-corrected chi connectivity index (χ4v) is 3.95. The van der Waals surface area contributed by atoms with Crippen LogP contribution in [0.15, 0.2) is 54.9 Å². The largest absolute Gasteiger partial charge is 0.416 e. The number of aliphatic hydroxyl groups is 1. The zero-order valence-electron chi connectivity index (χ0n) is 22.3. The van der Waals surface area contributed by atoms with Crippen molar-refractivity contribution in [2.75, 3.05) is 48.1 Å². The number of carbonyl (C=O) groups is 1. The molecule has 10 nitrogen and oxygen atoms in total. The number of hydrogen-bond donors (Lipinski definition) is 4. The molecule has 0 aliphatic heterocycles. The van der Waals surface area contributed by atoms with E-state index in [2.05, 4.69) is 31.0 Å². The molecule has 4 N–H and O–H groups in total. The van der Waals surface area contributed by atoms with E-state index in [1.165, 1.54) is 17.3 Å². The van der Waals surface area contributed by atoms with Crippen molar-refractivity contribution in [2.24, 2.45) is 0 Å². The molecule has 2 aromatic heterocycles. The Morgan fingerprint density at radius 1 is 1.07 bits per heavy atom. The first-order valence-electron chi connectivity index (χ1n) is 12.3. The molecule has 0 aliphatic carbocycles. The van der Waals surface area contributed by atoms with Gasteiger partial charge in [-0.15, -0.1) is 0 Å². The van der Waals surface area contributed by atoms with Gasteiger partial charge in [0, 0.05) is 55.4 Å². The van der Waals surface area contributed by atoms with Gasteiger partial charge in [-0.25, -0.2) is 9.97 Å². The minimum Gasteiger partial charge on any atom is -0.395 e. The van der Waals surface area contributed by atoms with E-state index in [4.69, 9.17) is 0 Å². The third-order valence-corrected chi connectivity index (χ3v) is 6.10. The van der Waals surface area contributed by atoms with Crippen molar-refractivity contribution in [3.8, 4) is 5.82 Å². The van der Waals surface area contributed by atoms with Crippen LogP contribution in [0.25, 0.3) is 5.82 Å². The second-order valence-corrected chi connectivity index (χ2v) is 9.11. The highest BCUT2D eigenvalue weighted by atomic mass is 19.4. The van der Waals surface area contributed by atoms with Crippen LogP contribution in [-0.4, -0.2) is 58.0 Å². The van der Waals surface area contributed by atoms with Crippen LogP contribution in [0.4, 0.5) is 41.9 Å². The maximum Gasteiger partial charge on any atom is 0.416 e. The van der Waals surface area contributed by atoms with Crippen LogP contribution in [0, 0.1) is 13.8 Å². The lowest BCUT2D eigenvalue weighted by molar-refractivity contribution is -0.137. The third kappa shape index (κ3) is 6.49. The van der Waals surface area contributed by atoms with Crippen molar-refractivity contribution in [1.29, 1.82) is 0 Å². The number of nitrogens with zero attached hydrogens (tertiary/aromatic N) is 5. The van der Waals surface area contributed by atoms with Crippen molar-refractivity contribution < 1.29 is 23.1 Å². The standard InChI is InChI=1S/C27H29F3N8O2/c1-16-5-6-18(26(40)34-20-11-19(27(28,29)30)12-21(13-20)37(4)7-8-39)10-22(16)35-25-9-17(2)36-38(25)24-14-23(31-3)32-15-33-24/h5-6,9-15,35,39H,7-8H2,1-4H3,(H,34,40)(H,31,32,33). The highest BCUT2D eigenvalue weighted by Gasteiger charge is 2.32. The smallest absolute Gasteiger partial charge is 0.395 e. The first-order chi connectivity index (χ1) is 19.0.